The van der Waals surface area contributed by atoms with Gasteiger partial charge >= 0.3 is 0 Å². The van der Waals surface area contributed by atoms with Crippen molar-refractivity contribution < 1.29 is 4.74 Å². The van der Waals surface area contributed by atoms with E-state index in [1.54, 1.807) is 12.7 Å². The summed E-state index contributed by atoms with van der Waals surface area (Å²) >= 11 is 1.53. The number of hydrogen-bond donors (Lipinski definition) is 0. The third-order valence-electron chi connectivity index (χ3n) is 3.42. The van der Waals surface area contributed by atoms with Crippen LogP contribution in [0.1, 0.15) is 24.8 Å². The van der Waals surface area contributed by atoms with Crippen LogP contribution in [0.2, 0.25) is 0 Å². The molecule has 0 radical (unpaired) electrons. The van der Waals surface area contributed by atoms with E-state index >= 15 is 0 Å². The molecule has 7 nitrogen and oxygen atoms in total. The highest BCUT2D eigenvalue weighted by Gasteiger charge is 2.26. The molecule has 1 saturated heterocycles. The van der Waals surface area contributed by atoms with Gasteiger partial charge in [-0.25, -0.2) is 4.98 Å². The maximum Gasteiger partial charge on any atom is 0.294 e. The standard InChI is InChI=1S/C12H18N6OS/c1-2-19-12-16-15-11(20-12)7-17-5-3-4-10(17)6-18-9-13-8-14-18/h8-10H,2-7H2,1H3/t10-/m1/s1. The minimum absolute atomic E-state index is 0.496. The second kappa shape index (κ2) is 6.27. The number of likely N-dealkylation sites (tertiary alicyclic amines) is 1. The summed E-state index contributed by atoms with van der Waals surface area (Å²) in [5.74, 6) is 0. The molecule has 1 fully saturated rings. The molecule has 1 aliphatic heterocycles. The Morgan fingerprint density at radius 1 is 1.45 bits per heavy atom. The number of ether oxygens (including phenoxy) is 1. The molecule has 3 heterocycles. The van der Waals surface area contributed by atoms with E-state index in [0.717, 1.165) is 24.6 Å². The van der Waals surface area contributed by atoms with Gasteiger partial charge in [0, 0.05) is 6.04 Å². The zero-order valence-electron chi connectivity index (χ0n) is 11.5. The largest absolute Gasteiger partial charge is 0.469 e. The fourth-order valence-corrected chi connectivity index (χ4v) is 3.28. The normalized spacial score (nSPS) is 19.6. The van der Waals surface area contributed by atoms with Gasteiger partial charge < -0.3 is 4.74 Å². The van der Waals surface area contributed by atoms with Gasteiger partial charge in [0.25, 0.3) is 5.19 Å². The van der Waals surface area contributed by atoms with Crippen molar-refractivity contribution in [2.75, 3.05) is 13.2 Å². The molecular formula is C12H18N6OS. The zero-order chi connectivity index (χ0) is 13.8. The van der Waals surface area contributed by atoms with Crippen LogP contribution < -0.4 is 4.74 Å². The van der Waals surface area contributed by atoms with Crippen molar-refractivity contribution >= 4 is 11.3 Å². The van der Waals surface area contributed by atoms with Crippen LogP contribution in [0.5, 0.6) is 5.19 Å². The van der Waals surface area contributed by atoms with Gasteiger partial charge in [0.2, 0.25) is 0 Å². The van der Waals surface area contributed by atoms with Gasteiger partial charge in [0.15, 0.2) is 0 Å². The van der Waals surface area contributed by atoms with E-state index < -0.39 is 0 Å². The van der Waals surface area contributed by atoms with Gasteiger partial charge in [-0.3, -0.25) is 9.58 Å². The molecule has 0 spiro atoms. The third-order valence-corrected chi connectivity index (χ3v) is 4.24. The van der Waals surface area contributed by atoms with Gasteiger partial charge in [-0.1, -0.05) is 11.3 Å². The quantitative estimate of drug-likeness (QED) is 0.797. The zero-order valence-corrected chi connectivity index (χ0v) is 12.3. The number of aromatic nitrogens is 5. The molecule has 0 aliphatic carbocycles. The van der Waals surface area contributed by atoms with Crippen LogP contribution in [0.3, 0.4) is 0 Å². The highest BCUT2D eigenvalue weighted by molar-refractivity contribution is 7.13. The Kier molecular flexibility index (Phi) is 4.22. The smallest absolute Gasteiger partial charge is 0.294 e. The second-order valence-electron chi connectivity index (χ2n) is 4.78. The Balaban J connectivity index is 1.60. The molecular weight excluding hydrogens is 276 g/mol. The predicted octanol–water partition coefficient (Wildman–Crippen LogP) is 1.19. The van der Waals surface area contributed by atoms with Gasteiger partial charge in [-0.15, -0.1) is 10.2 Å². The first-order valence-corrected chi connectivity index (χ1v) is 7.68. The lowest BCUT2D eigenvalue weighted by atomic mass is 10.2. The van der Waals surface area contributed by atoms with Crippen molar-refractivity contribution in [1.82, 2.24) is 29.9 Å². The molecule has 0 N–H and O–H groups in total. The average molecular weight is 294 g/mol. The summed E-state index contributed by atoms with van der Waals surface area (Å²) in [4.78, 5) is 6.44. The number of hydrogen-bond acceptors (Lipinski definition) is 7. The Labute approximate surface area is 121 Å². The maximum absolute atomic E-state index is 5.37. The van der Waals surface area contributed by atoms with Crippen LogP contribution in [-0.4, -0.2) is 49.1 Å². The first-order chi connectivity index (χ1) is 9.85. The van der Waals surface area contributed by atoms with Gasteiger partial charge in [-0.2, -0.15) is 5.10 Å². The summed E-state index contributed by atoms with van der Waals surface area (Å²) in [5.41, 5.74) is 0. The summed E-state index contributed by atoms with van der Waals surface area (Å²) in [6.07, 6.45) is 5.76. The number of nitrogens with zero attached hydrogens (tertiary/aromatic N) is 6. The molecule has 1 atom stereocenters. The highest BCUT2D eigenvalue weighted by Crippen LogP contribution is 2.24. The minimum atomic E-state index is 0.496. The first-order valence-electron chi connectivity index (χ1n) is 6.87. The van der Waals surface area contributed by atoms with Crippen LogP contribution in [0.4, 0.5) is 0 Å². The lowest BCUT2D eigenvalue weighted by Gasteiger charge is -2.22. The Morgan fingerprint density at radius 2 is 2.40 bits per heavy atom. The van der Waals surface area contributed by atoms with Gasteiger partial charge in [0.05, 0.1) is 19.7 Å². The molecule has 0 aromatic carbocycles. The summed E-state index contributed by atoms with van der Waals surface area (Å²) < 4.78 is 7.26. The lowest BCUT2D eigenvalue weighted by molar-refractivity contribution is 0.218. The molecule has 108 valence electrons. The Hall–Kier alpha value is -1.54. The summed E-state index contributed by atoms with van der Waals surface area (Å²) in [7, 11) is 0. The van der Waals surface area contributed by atoms with E-state index in [9.17, 15) is 0 Å². The van der Waals surface area contributed by atoms with Gasteiger partial charge in [-0.05, 0) is 26.3 Å². The second-order valence-corrected chi connectivity index (χ2v) is 5.80. The maximum atomic E-state index is 5.37. The van der Waals surface area contributed by atoms with Crippen molar-refractivity contribution in [1.29, 1.82) is 0 Å². The van der Waals surface area contributed by atoms with E-state index in [2.05, 4.69) is 25.2 Å². The van der Waals surface area contributed by atoms with Crippen LogP contribution in [0.25, 0.3) is 0 Å². The molecule has 2 aromatic heterocycles. The molecule has 20 heavy (non-hydrogen) atoms. The summed E-state index contributed by atoms with van der Waals surface area (Å²) in [6, 6.07) is 0.496. The fourth-order valence-electron chi connectivity index (χ4n) is 2.51. The third kappa shape index (κ3) is 3.13. The van der Waals surface area contributed by atoms with Crippen LogP contribution in [0, 0.1) is 0 Å². The van der Waals surface area contributed by atoms with Crippen molar-refractivity contribution in [3.63, 3.8) is 0 Å². The van der Waals surface area contributed by atoms with E-state index in [-0.39, 0.29) is 0 Å². The summed E-state index contributed by atoms with van der Waals surface area (Å²) in [5, 5.41) is 14.1. The van der Waals surface area contributed by atoms with Gasteiger partial charge in [0.1, 0.15) is 17.7 Å². The SMILES string of the molecule is CCOc1nnc(CN2CCC[C@@H]2Cn2cncn2)s1. The predicted molar refractivity (Wildman–Crippen MR) is 74.5 cm³/mol. The molecule has 8 heteroatoms. The Bertz CT molecular complexity index is 528. The molecule has 0 amide bonds. The van der Waals surface area contributed by atoms with E-state index in [4.69, 9.17) is 4.74 Å². The van der Waals surface area contributed by atoms with Crippen LogP contribution >= 0.6 is 11.3 Å². The van der Waals surface area contributed by atoms with Crippen molar-refractivity contribution in [3.8, 4) is 5.19 Å². The van der Waals surface area contributed by atoms with E-state index in [1.165, 1.54) is 24.2 Å². The topological polar surface area (TPSA) is 69.0 Å². The van der Waals surface area contributed by atoms with E-state index in [1.807, 2.05) is 11.6 Å². The van der Waals surface area contributed by atoms with Crippen molar-refractivity contribution in [2.24, 2.45) is 0 Å². The van der Waals surface area contributed by atoms with E-state index in [0.29, 0.717) is 17.8 Å². The molecule has 0 bridgehead atoms. The molecule has 3 rings (SSSR count). The van der Waals surface area contributed by atoms with Crippen molar-refractivity contribution in [2.45, 2.75) is 38.9 Å². The Morgan fingerprint density at radius 3 is 3.20 bits per heavy atom. The average Bonchev–Trinajstić information content (AvgIpc) is 3.15. The molecule has 1 aliphatic rings. The molecule has 0 unspecified atom stereocenters. The lowest BCUT2D eigenvalue weighted by Crippen LogP contribution is -2.32. The molecule has 0 saturated carbocycles. The van der Waals surface area contributed by atoms with Crippen LogP contribution in [-0.2, 0) is 13.1 Å². The first kappa shape index (κ1) is 13.4. The highest BCUT2D eigenvalue weighted by atomic mass is 32.1. The fraction of sp³-hybridized carbons (Fsp3) is 0.667. The van der Waals surface area contributed by atoms with Crippen LogP contribution in [0.15, 0.2) is 12.7 Å². The van der Waals surface area contributed by atoms with Crippen molar-refractivity contribution in [3.05, 3.63) is 17.7 Å². The summed E-state index contributed by atoms with van der Waals surface area (Å²) in [6.45, 7) is 5.41. The molecule has 2 aromatic rings. The minimum Gasteiger partial charge on any atom is -0.469 e. The number of rotatable bonds is 6. The monoisotopic (exact) mass is 294 g/mol.